The molecule has 21 heavy (non-hydrogen) atoms. The van der Waals surface area contributed by atoms with E-state index in [1.54, 1.807) is 0 Å². The number of aromatic nitrogens is 2. The van der Waals surface area contributed by atoms with E-state index in [1.165, 1.54) is 24.1 Å². The number of nitrogens with one attached hydrogen (secondary N) is 1. The van der Waals surface area contributed by atoms with Gasteiger partial charge in [-0.15, -0.1) is 0 Å². The molecule has 2 heterocycles. The van der Waals surface area contributed by atoms with Gasteiger partial charge in [-0.1, -0.05) is 18.2 Å². The first-order valence-electron chi connectivity index (χ1n) is 7.78. The number of hydrogen-bond acceptors (Lipinski definition) is 4. The molecule has 1 unspecified atom stereocenters. The summed E-state index contributed by atoms with van der Waals surface area (Å²) in [5, 5.41) is 3.64. The Hall–Kier alpha value is -2.10. The predicted molar refractivity (Wildman–Crippen MR) is 84.2 cm³/mol. The Morgan fingerprint density at radius 3 is 2.71 bits per heavy atom. The number of rotatable bonds is 2. The van der Waals surface area contributed by atoms with Crippen LogP contribution in [0.3, 0.4) is 0 Å². The van der Waals surface area contributed by atoms with Gasteiger partial charge < -0.3 is 11.1 Å². The molecule has 3 N–H and O–H groups in total. The zero-order chi connectivity index (χ0) is 14.2. The van der Waals surface area contributed by atoms with Crippen LogP contribution in [-0.4, -0.2) is 9.97 Å². The van der Waals surface area contributed by atoms with Gasteiger partial charge >= 0.3 is 0 Å². The number of hydrogen-bond donors (Lipinski definition) is 2. The summed E-state index contributed by atoms with van der Waals surface area (Å²) in [5.74, 6) is 1.01. The van der Waals surface area contributed by atoms with Crippen molar-refractivity contribution in [2.24, 2.45) is 0 Å². The molecule has 1 atom stereocenters. The van der Waals surface area contributed by atoms with Gasteiger partial charge in [-0.05, 0) is 49.8 Å². The maximum atomic E-state index is 5.92. The summed E-state index contributed by atoms with van der Waals surface area (Å²) in [6.07, 6.45) is 5.83. The van der Waals surface area contributed by atoms with Crippen LogP contribution in [0, 0.1) is 0 Å². The maximum absolute atomic E-state index is 5.92. The van der Waals surface area contributed by atoms with E-state index in [-0.39, 0.29) is 6.04 Å². The van der Waals surface area contributed by atoms with Gasteiger partial charge in [0.15, 0.2) is 0 Å². The second-order valence-electron chi connectivity index (χ2n) is 6.10. The van der Waals surface area contributed by atoms with Crippen LogP contribution >= 0.6 is 0 Å². The Balaban J connectivity index is 1.67. The molecule has 0 bridgehead atoms. The van der Waals surface area contributed by atoms with E-state index in [0.717, 1.165) is 30.7 Å². The van der Waals surface area contributed by atoms with Gasteiger partial charge in [0, 0.05) is 17.3 Å². The minimum atomic E-state index is 0.233. The topological polar surface area (TPSA) is 63.8 Å². The third-order valence-electron chi connectivity index (χ3n) is 4.42. The van der Waals surface area contributed by atoms with Crippen LogP contribution in [-0.2, 0) is 6.42 Å². The summed E-state index contributed by atoms with van der Waals surface area (Å²) in [5.41, 5.74) is 10.7. The van der Waals surface area contributed by atoms with E-state index in [9.17, 15) is 0 Å². The van der Waals surface area contributed by atoms with Crippen LogP contribution in [0.25, 0.3) is 0 Å². The van der Waals surface area contributed by atoms with Crippen LogP contribution in [0.5, 0.6) is 0 Å². The van der Waals surface area contributed by atoms with Crippen molar-refractivity contribution in [2.75, 3.05) is 11.1 Å². The lowest BCUT2D eigenvalue weighted by Crippen LogP contribution is -2.14. The fourth-order valence-electron chi connectivity index (χ4n) is 3.13. The molecule has 0 spiro atoms. The largest absolute Gasteiger partial charge is 0.376 e. The summed E-state index contributed by atoms with van der Waals surface area (Å²) in [6, 6.07) is 10.9. The second kappa shape index (κ2) is 5.02. The van der Waals surface area contributed by atoms with Crippen molar-refractivity contribution in [3.8, 4) is 0 Å². The molecule has 1 aromatic heterocycles. The molecule has 0 saturated heterocycles. The molecule has 2 aromatic rings. The van der Waals surface area contributed by atoms with Gasteiger partial charge in [0.05, 0.1) is 11.7 Å². The molecule has 1 aliphatic carbocycles. The van der Waals surface area contributed by atoms with Crippen molar-refractivity contribution in [3.05, 3.63) is 47.3 Å². The molecule has 0 amide bonds. The highest BCUT2D eigenvalue weighted by molar-refractivity contribution is 5.53. The number of anilines is 2. The molecule has 4 nitrogen and oxygen atoms in total. The third-order valence-corrected chi connectivity index (χ3v) is 4.42. The van der Waals surface area contributed by atoms with Gasteiger partial charge in [0.1, 0.15) is 0 Å². The van der Waals surface area contributed by atoms with Crippen molar-refractivity contribution in [1.82, 2.24) is 9.97 Å². The highest BCUT2D eigenvalue weighted by atomic mass is 15.0. The van der Waals surface area contributed by atoms with Crippen LogP contribution in [0.2, 0.25) is 0 Å². The molecule has 1 aromatic carbocycles. The van der Waals surface area contributed by atoms with Gasteiger partial charge in [-0.3, -0.25) is 0 Å². The highest BCUT2D eigenvalue weighted by Crippen LogP contribution is 2.40. The molecule has 4 rings (SSSR count). The maximum Gasteiger partial charge on any atom is 0.220 e. The lowest BCUT2D eigenvalue weighted by molar-refractivity contribution is 0.645. The van der Waals surface area contributed by atoms with E-state index in [2.05, 4.69) is 45.6 Å². The van der Waals surface area contributed by atoms with Gasteiger partial charge in [0.25, 0.3) is 0 Å². The summed E-state index contributed by atoms with van der Waals surface area (Å²) in [7, 11) is 0. The SMILES string of the molecule is Nc1nc(C2CC2)cc(C2CCCc3ccccc3N2)n1. The van der Waals surface area contributed by atoms with Crippen LogP contribution in [0.4, 0.5) is 11.6 Å². The average Bonchev–Trinajstić information content (AvgIpc) is 3.32. The van der Waals surface area contributed by atoms with Crippen LogP contribution in [0.1, 0.15) is 54.6 Å². The second-order valence-corrected chi connectivity index (χ2v) is 6.10. The molecular formula is C17H20N4. The Kier molecular flexibility index (Phi) is 3.02. The van der Waals surface area contributed by atoms with Crippen molar-refractivity contribution in [3.63, 3.8) is 0 Å². The minimum absolute atomic E-state index is 0.233. The quantitative estimate of drug-likeness (QED) is 0.884. The van der Waals surface area contributed by atoms with Gasteiger partial charge in [-0.2, -0.15) is 0 Å². The molecular weight excluding hydrogens is 260 g/mol. The van der Waals surface area contributed by atoms with Crippen LogP contribution in [0.15, 0.2) is 30.3 Å². The van der Waals surface area contributed by atoms with E-state index < -0.39 is 0 Å². The number of nitrogen functional groups attached to an aromatic ring is 1. The number of aryl methyl sites for hydroxylation is 1. The van der Waals surface area contributed by atoms with E-state index in [4.69, 9.17) is 5.73 Å². The Labute approximate surface area is 124 Å². The first-order chi connectivity index (χ1) is 10.3. The molecule has 108 valence electrons. The standard InChI is InChI=1S/C17H20N4/c18-17-20-15(12-8-9-12)10-16(21-17)14-7-3-5-11-4-1-2-6-13(11)19-14/h1-2,4,6,10,12,14,19H,3,5,7-9H2,(H2,18,20,21). The molecule has 2 aliphatic rings. The van der Waals surface area contributed by atoms with Crippen molar-refractivity contribution in [2.45, 2.75) is 44.1 Å². The third kappa shape index (κ3) is 2.58. The van der Waals surface area contributed by atoms with E-state index in [1.807, 2.05) is 0 Å². The smallest absolute Gasteiger partial charge is 0.220 e. The molecule has 1 aliphatic heterocycles. The fourth-order valence-corrected chi connectivity index (χ4v) is 3.13. The molecule has 1 saturated carbocycles. The lowest BCUT2D eigenvalue weighted by Gasteiger charge is -2.18. The normalized spacial score (nSPS) is 21.2. The van der Waals surface area contributed by atoms with Gasteiger partial charge in [-0.25, -0.2) is 9.97 Å². The first kappa shape index (κ1) is 12.6. The van der Waals surface area contributed by atoms with Crippen LogP contribution < -0.4 is 11.1 Å². The zero-order valence-corrected chi connectivity index (χ0v) is 12.0. The van der Waals surface area contributed by atoms with Crippen molar-refractivity contribution < 1.29 is 0 Å². The first-order valence-corrected chi connectivity index (χ1v) is 7.78. The number of para-hydroxylation sites is 1. The highest BCUT2D eigenvalue weighted by Gasteiger charge is 2.27. The lowest BCUT2D eigenvalue weighted by atomic mass is 10.0. The summed E-state index contributed by atoms with van der Waals surface area (Å²) < 4.78 is 0. The van der Waals surface area contributed by atoms with E-state index in [0.29, 0.717) is 11.9 Å². The summed E-state index contributed by atoms with van der Waals surface area (Å²) >= 11 is 0. The van der Waals surface area contributed by atoms with E-state index >= 15 is 0 Å². The Morgan fingerprint density at radius 1 is 1.05 bits per heavy atom. The monoisotopic (exact) mass is 280 g/mol. The fraction of sp³-hybridized carbons (Fsp3) is 0.412. The summed E-state index contributed by atoms with van der Waals surface area (Å²) in [6.45, 7) is 0. The average molecular weight is 280 g/mol. The number of nitrogens with two attached hydrogens (primary N) is 1. The molecule has 0 radical (unpaired) electrons. The number of fused-ring (bicyclic) bond motifs is 1. The minimum Gasteiger partial charge on any atom is -0.376 e. The van der Waals surface area contributed by atoms with Crippen molar-refractivity contribution >= 4 is 11.6 Å². The molecule has 1 fully saturated rings. The number of nitrogens with zero attached hydrogens (tertiary/aromatic N) is 2. The Bertz CT molecular complexity index is 664. The predicted octanol–water partition coefficient (Wildman–Crippen LogP) is 3.43. The van der Waals surface area contributed by atoms with Crippen molar-refractivity contribution in [1.29, 1.82) is 0 Å². The Morgan fingerprint density at radius 2 is 1.86 bits per heavy atom. The number of benzene rings is 1. The van der Waals surface area contributed by atoms with Gasteiger partial charge in [0.2, 0.25) is 5.95 Å². The molecule has 4 heteroatoms. The summed E-state index contributed by atoms with van der Waals surface area (Å²) in [4.78, 5) is 8.88. The zero-order valence-electron chi connectivity index (χ0n) is 12.0.